The van der Waals surface area contributed by atoms with E-state index in [0.29, 0.717) is 0 Å². The molecule has 0 bridgehead atoms. The van der Waals surface area contributed by atoms with Crippen LogP contribution in [0.3, 0.4) is 0 Å². The van der Waals surface area contributed by atoms with Crippen LogP contribution in [0.2, 0.25) is 0 Å². The molecule has 15 heavy (non-hydrogen) atoms. The normalized spacial score (nSPS) is 25.7. The summed E-state index contributed by atoms with van der Waals surface area (Å²) in [5.74, 6) is 0.00249. The predicted molar refractivity (Wildman–Crippen MR) is 55.8 cm³/mol. The summed E-state index contributed by atoms with van der Waals surface area (Å²) in [6.45, 7) is 4.76. The first kappa shape index (κ1) is 10.9. The van der Waals surface area contributed by atoms with Crippen LogP contribution >= 0.6 is 0 Å². The molecule has 0 amide bonds. The van der Waals surface area contributed by atoms with E-state index in [1.807, 2.05) is 6.92 Å². The van der Waals surface area contributed by atoms with E-state index in [1.165, 1.54) is 25.8 Å². The molecule has 2 rings (SSSR count). The van der Waals surface area contributed by atoms with Crippen molar-refractivity contribution in [1.82, 2.24) is 4.90 Å². The Hall–Kier alpha value is -0.610. The van der Waals surface area contributed by atoms with E-state index >= 15 is 0 Å². The Morgan fingerprint density at radius 3 is 2.67 bits per heavy atom. The number of carboxylic acid groups (broad SMARTS) is 1. The summed E-state index contributed by atoms with van der Waals surface area (Å²) in [4.78, 5) is 12.7. The monoisotopic (exact) mass is 213 g/mol. The molecule has 0 aromatic heterocycles. The third kappa shape index (κ3) is 2.69. The van der Waals surface area contributed by atoms with E-state index < -0.39 is 5.97 Å². The fourth-order valence-corrected chi connectivity index (χ4v) is 2.40. The average Bonchev–Trinajstić information content (AvgIpc) is 2.04. The SMILES string of the molecule is CC1(OCC(=O)O)CN(CC2CCC2)C1. The van der Waals surface area contributed by atoms with Crippen LogP contribution in [0.1, 0.15) is 26.2 Å². The minimum Gasteiger partial charge on any atom is -0.480 e. The quantitative estimate of drug-likeness (QED) is 0.739. The summed E-state index contributed by atoms with van der Waals surface area (Å²) in [5.41, 5.74) is -0.220. The van der Waals surface area contributed by atoms with Gasteiger partial charge in [0.25, 0.3) is 0 Å². The molecule has 1 N–H and O–H groups in total. The van der Waals surface area contributed by atoms with Crippen LogP contribution in [0.15, 0.2) is 0 Å². The van der Waals surface area contributed by atoms with E-state index in [2.05, 4.69) is 4.90 Å². The minimum absolute atomic E-state index is 0.173. The standard InChI is InChI=1S/C11H19NO3/c1-11(15-6-10(13)14)7-12(8-11)5-9-3-2-4-9/h9H,2-8H2,1H3,(H,13,14). The summed E-state index contributed by atoms with van der Waals surface area (Å²) >= 11 is 0. The second-order valence-electron chi connectivity index (χ2n) is 5.10. The molecule has 4 nitrogen and oxygen atoms in total. The molecule has 0 atom stereocenters. The van der Waals surface area contributed by atoms with E-state index in [-0.39, 0.29) is 12.2 Å². The molecule has 0 unspecified atom stereocenters. The highest BCUT2D eigenvalue weighted by Crippen LogP contribution is 2.31. The highest BCUT2D eigenvalue weighted by molar-refractivity contribution is 5.68. The van der Waals surface area contributed by atoms with Gasteiger partial charge in [-0.05, 0) is 25.7 Å². The van der Waals surface area contributed by atoms with Crippen LogP contribution in [0, 0.1) is 5.92 Å². The number of hydrogen-bond donors (Lipinski definition) is 1. The molecule has 0 radical (unpaired) electrons. The van der Waals surface area contributed by atoms with Crippen molar-refractivity contribution < 1.29 is 14.6 Å². The number of ether oxygens (including phenoxy) is 1. The van der Waals surface area contributed by atoms with Gasteiger partial charge in [0.05, 0.1) is 5.60 Å². The first-order valence-corrected chi connectivity index (χ1v) is 5.65. The zero-order valence-electron chi connectivity index (χ0n) is 9.24. The fraction of sp³-hybridized carbons (Fsp3) is 0.909. The maximum Gasteiger partial charge on any atom is 0.329 e. The van der Waals surface area contributed by atoms with Crippen LogP contribution in [0.25, 0.3) is 0 Å². The molecular formula is C11H19NO3. The number of nitrogens with zero attached hydrogens (tertiary/aromatic N) is 1. The van der Waals surface area contributed by atoms with Crippen LogP contribution in [0.4, 0.5) is 0 Å². The van der Waals surface area contributed by atoms with Gasteiger partial charge >= 0.3 is 5.97 Å². The summed E-state index contributed by atoms with van der Waals surface area (Å²) in [7, 11) is 0. The molecular weight excluding hydrogens is 194 g/mol. The maximum atomic E-state index is 10.4. The Kier molecular flexibility index (Phi) is 2.98. The van der Waals surface area contributed by atoms with Gasteiger partial charge < -0.3 is 9.84 Å². The van der Waals surface area contributed by atoms with Crippen molar-refractivity contribution in [3.05, 3.63) is 0 Å². The predicted octanol–water partition coefficient (Wildman–Crippen LogP) is 0.962. The van der Waals surface area contributed by atoms with Gasteiger partial charge in [0.15, 0.2) is 0 Å². The van der Waals surface area contributed by atoms with Crippen molar-refractivity contribution >= 4 is 5.97 Å². The molecule has 0 aromatic carbocycles. The molecule has 4 heteroatoms. The number of carbonyl (C=O) groups is 1. The van der Waals surface area contributed by atoms with Crippen LogP contribution in [-0.2, 0) is 9.53 Å². The van der Waals surface area contributed by atoms with Gasteiger partial charge in [-0.1, -0.05) is 6.42 Å². The molecule has 1 aliphatic carbocycles. The number of rotatable bonds is 5. The Balaban J connectivity index is 1.64. The van der Waals surface area contributed by atoms with Crippen LogP contribution < -0.4 is 0 Å². The van der Waals surface area contributed by atoms with Crippen molar-refractivity contribution in [3.63, 3.8) is 0 Å². The van der Waals surface area contributed by atoms with E-state index in [1.54, 1.807) is 0 Å². The zero-order valence-corrected chi connectivity index (χ0v) is 9.24. The first-order chi connectivity index (χ1) is 7.07. The van der Waals surface area contributed by atoms with Crippen molar-refractivity contribution in [1.29, 1.82) is 0 Å². The summed E-state index contributed by atoms with van der Waals surface area (Å²) in [6, 6.07) is 0. The van der Waals surface area contributed by atoms with E-state index in [4.69, 9.17) is 9.84 Å². The highest BCUT2D eigenvalue weighted by Gasteiger charge is 2.41. The molecule has 2 fully saturated rings. The molecule has 1 aliphatic heterocycles. The summed E-state index contributed by atoms with van der Waals surface area (Å²) < 4.78 is 5.35. The molecule has 0 spiro atoms. The van der Waals surface area contributed by atoms with Crippen molar-refractivity contribution in [2.75, 3.05) is 26.2 Å². The third-order valence-corrected chi connectivity index (χ3v) is 3.40. The smallest absolute Gasteiger partial charge is 0.329 e. The maximum absolute atomic E-state index is 10.4. The Morgan fingerprint density at radius 1 is 1.53 bits per heavy atom. The van der Waals surface area contributed by atoms with Crippen LogP contribution in [-0.4, -0.2) is 47.8 Å². The van der Waals surface area contributed by atoms with Gasteiger partial charge in [0.2, 0.25) is 0 Å². The third-order valence-electron chi connectivity index (χ3n) is 3.40. The Labute approximate surface area is 90.2 Å². The van der Waals surface area contributed by atoms with Crippen LogP contribution in [0.5, 0.6) is 0 Å². The zero-order chi connectivity index (χ0) is 10.9. The lowest BCUT2D eigenvalue weighted by molar-refractivity contribution is -0.166. The fourth-order valence-electron chi connectivity index (χ4n) is 2.40. The van der Waals surface area contributed by atoms with Crippen molar-refractivity contribution in [2.24, 2.45) is 5.92 Å². The second kappa shape index (κ2) is 4.10. The second-order valence-corrected chi connectivity index (χ2v) is 5.10. The van der Waals surface area contributed by atoms with Gasteiger partial charge in [-0.3, -0.25) is 4.90 Å². The lowest BCUT2D eigenvalue weighted by Crippen LogP contribution is -2.62. The number of likely N-dealkylation sites (tertiary alicyclic amines) is 1. The molecule has 1 saturated heterocycles. The van der Waals surface area contributed by atoms with E-state index in [0.717, 1.165) is 19.0 Å². The van der Waals surface area contributed by atoms with Gasteiger partial charge in [0, 0.05) is 19.6 Å². The van der Waals surface area contributed by atoms with Gasteiger partial charge in [-0.2, -0.15) is 0 Å². The van der Waals surface area contributed by atoms with Crippen molar-refractivity contribution in [2.45, 2.75) is 31.8 Å². The molecule has 86 valence electrons. The molecule has 1 saturated carbocycles. The lowest BCUT2D eigenvalue weighted by Gasteiger charge is -2.49. The molecule has 1 heterocycles. The molecule has 0 aromatic rings. The number of aliphatic carboxylic acids is 1. The average molecular weight is 213 g/mol. The number of hydrogen-bond acceptors (Lipinski definition) is 3. The Morgan fingerprint density at radius 2 is 2.20 bits per heavy atom. The van der Waals surface area contributed by atoms with E-state index in [9.17, 15) is 4.79 Å². The minimum atomic E-state index is -0.881. The summed E-state index contributed by atoms with van der Waals surface area (Å²) in [6.07, 6.45) is 4.11. The molecule has 2 aliphatic rings. The van der Waals surface area contributed by atoms with Gasteiger partial charge in [0.1, 0.15) is 6.61 Å². The Bertz CT molecular complexity index is 244. The number of carboxylic acids is 1. The lowest BCUT2D eigenvalue weighted by atomic mass is 9.83. The van der Waals surface area contributed by atoms with Gasteiger partial charge in [-0.15, -0.1) is 0 Å². The summed E-state index contributed by atoms with van der Waals surface area (Å²) in [5, 5.41) is 8.52. The van der Waals surface area contributed by atoms with Crippen molar-refractivity contribution in [3.8, 4) is 0 Å². The highest BCUT2D eigenvalue weighted by atomic mass is 16.5. The van der Waals surface area contributed by atoms with Gasteiger partial charge in [-0.25, -0.2) is 4.79 Å². The largest absolute Gasteiger partial charge is 0.480 e. The first-order valence-electron chi connectivity index (χ1n) is 5.65. The topological polar surface area (TPSA) is 49.8 Å².